The zero-order valence-electron chi connectivity index (χ0n) is 15.9. The molecule has 1 aromatic heterocycles. The van der Waals surface area contributed by atoms with Gasteiger partial charge >= 0.3 is 11.9 Å². The molecule has 0 saturated heterocycles. The van der Waals surface area contributed by atoms with Crippen molar-refractivity contribution in [1.29, 1.82) is 0 Å². The highest BCUT2D eigenvalue weighted by atomic mass is 16.7. The molecule has 1 heterocycles. The molecule has 1 N–H and O–H groups in total. The molecule has 1 amide bonds. The van der Waals surface area contributed by atoms with Crippen LogP contribution >= 0.6 is 0 Å². The second-order valence-corrected chi connectivity index (χ2v) is 6.23. The number of carbonyl (C=O) groups is 2. The van der Waals surface area contributed by atoms with Gasteiger partial charge in [0.25, 0.3) is 5.91 Å². The van der Waals surface area contributed by atoms with E-state index in [9.17, 15) is 19.7 Å². The molecule has 0 fully saturated rings. The first kappa shape index (κ1) is 20.6. The Labute approximate surface area is 171 Å². The van der Waals surface area contributed by atoms with Crippen LogP contribution in [0.1, 0.15) is 23.0 Å². The van der Waals surface area contributed by atoms with Crippen LogP contribution in [0.25, 0.3) is 0 Å². The Morgan fingerprint density at radius 3 is 2.40 bits per heavy atom. The third-order valence-electron chi connectivity index (χ3n) is 4.00. The van der Waals surface area contributed by atoms with Gasteiger partial charge in [-0.15, -0.1) is 0 Å². The minimum absolute atomic E-state index is 0.360. The van der Waals surface area contributed by atoms with Crippen molar-refractivity contribution in [3.63, 3.8) is 0 Å². The molecule has 0 aliphatic heterocycles. The average Bonchev–Trinajstić information content (AvgIpc) is 3.25. The number of carbonyl (C=O) groups excluding carboxylic acids is 2. The predicted octanol–water partition coefficient (Wildman–Crippen LogP) is 3.95. The Morgan fingerprint density at radius 2 is 1.77 bits per heavy atom. The molecule has 30 heavy (non-hydrogen) atoms. The summed E-state index contributed by atoms with van der Waals surface area (Å²) in [7, 11) is 0. The Morgan fingerprint density at radius 1 is 1.07 bits per heavy atom. The number of nitrogens with zero attached hydrogens (tertiary/aromatic N) is 1. The van der Waals surface area contributed by atoms with Crippen molar-refractivity contribution in [3.05, 3.63) is 88.2 Å². The van der Waals surface area contributed by atoms with Gasteiger partial charge in [0.05, 0.1) is 6.07 Å². The zero-order chi connectivity index (χ0) is 21.5. The van der Waals surface area contributed by atoms with E-state index in [1.807, 2.05) is 30.3 Å². The van der Waals surface area contributed by atoms with Gasteiger partial charge in [0, 0.05) is 5.69 Å². The third-order valence-corrected chi connectivity index (χ3v) is 4.00. The van der Waals surface area contributed by atoms with Crippen molar-refractivity contribution in [3.8, 4) is 5.75 Å². The van der Waals surface area contributed by atoms with E-state index in [1.54, 1.807) is 24.3 Å². The van der Waals surface area contributed by atoms with Gasteiger partial charge < -0.3 is 19.2 Å². The maximum Gasteiger partial charge on any atom is 0.433 e. The number of esters is 1. The molecule has 0 spiro atoms. The largest absolute Gasteiger partial charge is 0.489 e. The number of nitro groups is 1. The predicted molar refractivity (Wildman–Crippen MR) is 106 cm³/mol. The van der Waals surface area contributed by atoms with Crippen LogP contribution in [0.3, 0.4) is 0 Å². The van der Waals surface area contributed by atoms with Gasteiger partial charge in [-0.3, -0.25) is 14.9 Å². The first-order chi connectivity index (χ1) is 14.4. The molecule has 0 unspecified atom stereocenters. The van der Waals surface area contributed by atoms with Crippen molar-refractivity contribution in [1.82, 2.24) is 0 Å². The van der Waals surface area contributed by atoms with Gasteiger partial charge in [-0.05, 0) is 42.8 Å². The van der Waals surface area contributed by atoms with Crippen molar-refractivity contribution in [2.24, 2.45) is 0 Å². The molecule has 3 aromatic rings. The SMILES string of the molecule is C[C@@H](OC(=O)c1ccc([N+](=O)[O-])o1)C(=O)Nc1ccc(OCc2ccccc2)cc1. The number of furan rings is 1. The molecule has 154 valence electrons. The number of benzene rings is 2. The molecule has 9 nitrogen and oxygen atoms in total. The van der Waals surface area contributed by atoms with Crippen LogP contribution in [0.4, 0.5) is 11.6 Å². The van der Waals surface area contributed by atoms with Gasteiger partial charge in [-0.25, -0.2) is 4.79 Å². The number of hydrogen-bond acceptors (Lipinski definition) is 7. The van der Waals surface area contributed by atoms with E-state index >= 15 is 0 Å². The van der Waals surface area contributed by atoms with E-state index in [0.29, 0.717) is 18.0 Å². The fraction of sp³-hybridized carbons (Fsp3) is 0.143. The summed E-state index contributed by atoms with van der Waals surface area (Å²) in [5.74, 6) is -1.86. The molecule has 0 saturated carbocycles. The van der Waals surface area contributed by atoms with Crippen molar-refractivity contribution in [2.75, 3.05) is 5.32 Å². The Bertz CT molecular complexity index is 1030. The number of nitrogens with one attached hydrogen (secondary N) is 1. The van der Waals surface area contributed by atoms with Crippen LogP contribution in [0, 0.1) is 10.1 Å². The maximum absolute atomic E-state index is 12.2. The van der Waals surface area contributed by atoms with E-state index in [2.05, 4.69) is 5.32 Å². The van der Waals surface area contributed by atoms with Gasteiger partial charge in [0.2, 0.25) is 5.76 Å². The molecular formula is C21H18N2O7. The summed E-state index contributed by atoms with van der Waals surface area (Å²) in [5.41, 5.74) is 1.52. The molecule has 0 bridgehead atoms. The fourth-order valence-corrected chi connectivity index (χ4v) is 2.43. The van der Waals surface area contributed by atoms with Crippen LogP contribution in [-0.2, 0) is 16.1 Å². The lowest BCUT2D eigenvalue weighted by atomic mass is 10.2. The first-order valence-electron chi connectivity index (χ1n) is 8.95. The fourth-order valence-electron chi connectivity index (χ4n) is 2.43. The summed E-state index contributed by atoms with van der Waals surface area (Å²) in [6.45, 7) is 1.80. The van der Waals surface area contributed by atoms with Gasteiger partial charge in [0.1, 0.15) is 17.3 Å². The van der Waals surface area contributed by atoms with E-state index < -0.39 is 28.8 Å². The van der Waals surface area contributed by atoms with E-state index in [-0.39, 0.29) is 5.76 Å². The molecule has 0 radical (unpaired) electrons. The summed E-state index contributed by atoms with van der Waals surface area (Å²) in [6.07, 6.45) is -1.14. The van der Waals surface area contributed by atoms with Crippen LogP contribution in [0.15, 0.2) is 71.1 Å². The summed E-state index contributed by atoms with van der Waals surface area (Å²) in [4.78, 5) is 34.0. The molecule has 0 aliphatic rings. The lowest BCUT2D eigenvalue weighted by Crippen LogP contribution is -2.29. The summed E-state index contributed by atoms with van der Waals surface area (Å²) in [5, 5.41) is 13.2. The molecule has 1 atom stereocenters. The standard InChI is InChI=1S/C21H18N2O7/c1-14(29-21(25)18-11-12-19(30-18)23(26)27)20(24)22-16-7-9-17(10-8-16)28-13-15-5-3-2-4-6-15/h2-12,14H,13H2,1H3,(H,22,24)/t14-/m1/s1. The second-order valence-electron chi connectivity index (χ2n) is 6.23. The quantitative estimate of drug-likeness (QED) is 0.339. The van der Waals surface area contributed by atoms with E-state index in [1.165, 1.54) is 6.92 Å². The Hall–Kier alpha value is -4.14. The summed E-state index contributed by atoms with van der Waals surface area (Å²) in [6, 6.07) is 18.6. The van der Waals surface area contributed by atoms with Gasteiger partial charge in [-0.1, -0.05) is 30.3 Å². The molecular weight excluding hydrogens is 392 g/mol. The highest BCUT2D eigenvalue weighted by Gasteiger charge is 2.23. The second kappa shape index (κ2) is 9.37. The van der Waals surface area contributed by atoms with E-state index in [0.717, 1.165) is 17.7 Å². The zero-order valence-corrected chi connectivity index (χ0v) is 15.9. The molecule has 9 heteroatoms. The van der Waals surface area contributed by atoms with E-state index in [4.69, 9.17) is 13.9 Å². The number of anilines is 1. The number of ether oxygens (including phenoxy) is 2. The lowest BCUT2D eigenvalue weighted by Gasteiger charge is -2.13. The topological polar surface area (TPSA) is 121 Å². The summed E-state index contributed by atoms with van der Waals surface area (Å²) < 4.78 is 15.4. The highest BCUT2D eigenvalue weighted by molar-refractivity contribution is 5.96. The first-order valence-corrected chi connectivity index (χ1v) is 8.95. The highest BCUT2D eigenvalue weighted by Crippen LogP contribution is 2.19. The monoisotopic (exact) mass is 410 g/mol. The Kier molecular flexibility index (Phi) is 6.43. The van der Waals surface area contributed by atoms with Crippen LogP contribution in [0.5, 0.6) is 5.75 Å². The lowest BCUT2D eigenvalue weighted by molar-refractivity contribution is -0.402. The number of amides is 1. The van der Waals surface area contributed by atoms with Crippen molar-refractivity contribution in [2.45, 2.75) is 19.6 Å². The molecule has 3 rings (SSSR count). The van der Waals surface area contributed by atoms with Crippen LogP contribution < -0.4 is 10.1 Å². The normalized spacial score (nSPS) is 11.4. The van der Waals surface area contributed by atoms with Crippen LogP contribution in [-0.4, -0.2) is 22.9 Å². The molecule has 0 aliphatic carbocycles. The maximum atomic E-state index is 12.2. The van der Waals surface area contributed by atoms with Crippen molar-refractivity contribution < 1.29 is 28.4 Å². The molecule has 2 aromatic carbocycles. The smallest absolute Gasteiger partial charge is 0.433 e. The van der Waals surface area contributed by atoms with Gasteiger partial charge in [0.15, 0.2) is 6.10 Å². The summed E-state index contributed by atoms with van der Waals surface area (Å²) >= 11 is 0. The van der Waals surface area contributed by atoms with Crippen molar-refractivity contribution >= 4 is 23.4 Å². The van der Waals surface area contributed by atoms with Gasteiger partial charge in [-0.2, -0.15) is 0 Å². The minimum atomic E-state index is -1.14. The average molecular weight is 410 g/mol. The number of hydrogen-bond donors (Lipinski definition) is 1. The minimum Gasteiger partial charge on any atom is -0.489 e. The van der Waals surface area contributed by atoms with Crippen LogP contribution in [0.2, 0.25) is 0 Å². The Balaban J connectivity index is 1.50. The third kappa shape index (κ3) is 5.44. The number of rotatable bonds is 8.